The molecule has 14 heavy (non-hydrogen) atoms. The predicted octanol–water partition coefficient (Wildman–Crippen LogP) is 0.841. The number of ether oxygens (including phenoxy) is 4. The second-order valence-corrected chi connectivity index (χ2v) is 3.28. The fraction of sp³-hybridized carbons (Fsp3) is 0.600. The highest BCUT2D eigenvalue weighted by molar-refractivity contribution is 4.96. The summed E-state index contributed by atoms with van der Waals surface area (Å²) in [6.07, 6.45) is 2.63. The van der Waals surface area contributed by atoms with Crippen LogP contribution in [0.4, 0.5) is 0 Å². The van der Waals surface area contributed by atoms with Crippen molar-refractivity contribution in [2.75, 3.05) is 13.2 Å². The van der Waals surface area contributed by atoms with Gasteiger partial charge >= 0.3 is 0 Å². The predicted molar refractivity (Wildman–Crippen MR) is 49.6 cm³/mol. The Morgan fingerprint density at radius 2 is 1.36 bits per heavy atom. The van der Waals surface area contributed by atoms with Gasteiger partial charge in [-0.15, -0.1) is 0 Å². The van der Waals surface area contributed by atoms with Gasteiger partial charge in [0.15, 0.2) is 0 Å². The van der Waals surface area contributed by atoms with E-state index in [0.717, 1.165) is 0 Å². The van der Waals surface area contributed by atoms with Crippen LogP contribution in [0.2, 0.25) is 0 Å². The molecule has 0 amide bonds. The van der Waals surface area contributed by atoms with E-state index in [1.807, 2.05) is 0 Å². The van der Waals surface area contributed by atoms with Crippen molar-refractivity contribution in [3.63, 3.8) is 0 Å². The summed E-state index contributed by atoms with van der Waals surface area (Å²) >= 11 is 0. The van der Waals surface area contributed by atoms with Crippen molar-refractivity contribution in [1.82, 2.24) is 0 Å². The van der Waals surface area contributed by atoms with E-state index in [-0.39, 0.29) is 24.4 Å². The third-order valence-corrected chi connectivity index (χ3v) is 2.50. The molecule has 0 spiro atoms. The SMILES string of the molecule is C=CO[C@H]1CO[C@H]2[C@@H]1OC[C@@H]2OC=C. The van der Waals surface area contributed by atoms with Crippen molar-refractivity contribution in [2.45, 2.75) is 24.4 Å². The molecular formula is C10H14O4. The van der Waals surface area contributed by atoms with Crippen molar-refractivity contribution in [1.29, 1.82) is 0 Å². The van der Waals surface area contributed by atoms with Crippen molar-refractivity contribution >= 4 is 0 Å². The zero-order chi connectivity index (χ0) is 9.97. The summed E-state index contributed by atoms with van der Waals surface area (Å²) in [5, 5.41) is 0. The lowest BCUT2D eigenvalue weighted by Gasteiger charge is -2.15. The first-order chi connectivity index (χ1) is 6.86. The molecule has 2 heterocycles. The van der Waals surface area contributed by atoms with Crippen molar-refractivity contribution in [2.24, 2.45) is 0 Å². The van der Waals surface area contributed by atoms with E-state index in [0.29, 0.717) is 13.2 Å². The highest BCUT2D eigenvalue weighted by atomic mass is 16.6. The van der Waals surface area contributed by atoms with Crippen molar-refractivity contribution < 1.29 is 18.9 Å². The highest BCUT2D eigenvalue weighted by Crippen LogP contribution is 2.30. The van der Waals surface area contributed by atoms with Crippen molar-refractivity contribution in [3.05, 3.63) is 25.7 Å². The van der Waals surface area contributed by atoms with Crippen LogP contribution in [0.15, 0.2) is 25.7 Å². The topological polar surface area (TPSA) is 36.9 Å². The first-order valence-electron chi connectivity index (χ1n) is 4.62. The maximum absolute atomic E-state index is 5.54. The van der Waals surface area contributed by atoms with Gasteiger partial charge in [-0.3, -0.25) is 0 Å². The molecule has 2 saturated heterocycles. The van der Waals surface area contributed by atoms with Gasteiger partial charge in [-0.2, -0.15) is 0 Å². The summed E-state index contributed by atoms with van der Waals surface area (Å²) in [7, 11) is 0. The molecule has 4 atom stereocenters. The Kier molecular flexibility index (Phi) is 2.74. The molecule has 2 fully saturated rings. The molecule has 4 heteroatoms. The average Bonchev–Trinajstić information content (AvgIpc) is 2.72. The van der Waals surface area contributed by atoms with E-state index in [4.69, 9.17) is 18.9 Å². The van der Waals surface area contributed by atoms with E-state index in [1.165, 1.54) is 12.5 Å². The molecule has 2 aliphatic rings. The highest BCUT2D eigenvalue weighted by Gasteiger charge is 2.49. The molecule has 0 unspecified atom stereocenters. The first-order valence-corrected chi connectivity index (χ1v) is 4.62. The van der Waals surface area contributed by atoms with Gasteiger partial charge in [0, 0.05) is 0 Å². The molecule has 0 aromatic rings. The van der Waals surface area contributed by atoms with Gasteiger partial charge in [-0.25, -0.2) is 0 Å². The van der Waals surface area contributed by atoms with Crippen LogP contribution in [0.3, 0.4) is 0 Å². The number of hydrogen-bond donors (Lipinski definition) is 0. The monoisotopic (exact) mass is 198 g/mol. The van der Waals surface area contributed by atoms with Crippen LogP contribution in [0.25, 0.3) is 0 Å². The van der Waals surface area contributed by atoms with E-state index in [2.05, 4.69) is 13.2 Å². The molecule has 2 aliphatic heterocycles. The van der Waals surface area contributed by atoms with Gasteiger partial charge in [0.25, 0.3) is 0 Å². The molecule has 0 aromatic heterocycles. The molecule has 4 nitrogen and oxygen atoms in total. The minimum Gasteiger partial charge on any atom is -0.493 e. The standard InChI is InChI=1S/C10H14O4/c1-3-11-7-5-13-10-8(12-4-2)6-14-9(7)10/h3-4,7-10H,1-2,5-6H2/t7-,8-,9+,10+/m0/s1. The fourth-order valence-electron chi connectivity index (χ4n) is 1.91. The Morgan fingerprint density at radius 3 is 1.71 bits per heavy atom. The third-order valence-electron chi connectivity index (χ3n) is 2.50. The Hall–Kier alpha value is -1.00. The van der Waals surface area contributed by atoms with Gasteiger partial charge in [0.1, 0.15) is 24.4 Å². The Labute approximate surface area is 83.1 Å². The zero-order valence-electron chi connectivity index (χ0n) is 7.93. The lowest BCUT2D eigenvalue weighted by atomic mass is 10.1. The molecule has 2 rings (SSSR count). The van der Waals surface area contributed by atoms with Gasteiger partial charge in [0.05, 0.1) is 25.7 Å². The summed E-state index contributed by atoms with van der Waals surface area (Å²) < 4.78 is 21.6. The number of hydrogen-bond acceptors (Lipinski definition) is 4. The molecule has 0 bridgehead atoms. The molecule has 0 saturated carbocycles. The third kappa shape index (κ3) is 1.51. The molecule has 78 valence electrons. The summed E-state index contributed by atoms with van der Waals surface area (Å²) in [6, 6.07) is 0. The fourth-order valence-corrected chi connectivity index (χ4v) is 1.91. The summed E-state index contributed by atoms with van der Waals surface area (Å²) in [5.41, 5.74) is 0. The van der Waals surface area contributed by atoms with Gasteiger partial charge < -0.3 is 18.9 Å². The van der Waals surface area contributed by atoms with Crippen LogP contribution in [0.5, 0.6) is 0 Å². The summed E-state index contributed by atoms with van der Waals surface area (Å²) in [6.45, 7) is 8.08. The maximum Gasteiger partial charge on any atom is 0.150 e. The van der Waals surface area contributed by atoms with Gasteiger partial charge in [-0.05, 0) is 0 Å². The van der Waals surface area contributed by atoms with Crippen LogP contribution in [0.1, 0.15) is 0 Å². The Bertz CT molecular complexity index is 204. The van der Waals surface area contributed by atoms with Crippen LogP contribution in [-0.2, 0) is 18.9 Å². The zero-order valence-corrected chi connectivity index (χ0v) is 7.93. The maximum atomic E-state index is 5.54. The average molecular weight is 198 g/mol. The Morgan fingerprint density at radius 1 is 0.929 bits per heavy atom. The van der Waals surface area contributed by atoms with E-state index < -0.39 is 0 Å². The van der Waals surface area contributed by atoms with Crippen molar-refractivity contribution in [3.8, 4) is 0 Å². The van der Waals surface area contributed by atoms with Gasteiger partial charge in [-0.1, -0.05) is 13.2 Å². The normalized spacial score (nSPS) is 40.3. The smallest absolute Gasteiger partial charge is 0.150 e. The Balaban J connectivity index is 1.96. The van der Waals surface area contributed by atoms with Crippen LogP contribution < -0.4 is 0 Å². The number of fused-ring (bicyclic) bond motifs is 1. The van der Waals surface area contributed by atoms with E-state index in [1.54, 1.807) is 0 Å². The quantitative estimate of drug-likeness (QED) is 0.627. The minimum absolute atomic E-state index is 0.0436. The summed E-state index contributed by atoms with van der Waals surface area (Å²) in [5.74, 6) is 0. The second kappa shape index (κ2) is 4.02. The molecule has 0 radical (unpaired) electrons. The summed E-state index contributed by atoms with van der Waals surface area (Å²) in [4.78, 5) is 0. The number of rotatable bonds is 4. The first kappa shape index (κ1) is 9.55. The molecule has 0 aliphatic carbocycles. The lowest BCUT2D eigenvalue weighted by molar-refractivity contribution is -0.00737. The lowest BCUT2D eigenvalue weighted by Crippen LogP contribution is -2.32. The molecule has 0 aromatic carbocycles. The second-order valence-electron chi connectivity index (χ2n) is 3.28. The van der Waals surface area contributed by atoms with Crippen LogP contribution in [0, 0.1) is 0 Å². The molecule has 0 N–H and O–H groups in total. The van der Waals surface area contributed by atoms with E-state index in [9.17, 15) is 0 Å². The van der Waals surface area contributed by atoms with Gasteiger partial charge in [0.2, 0.25) is 0 Å². The molecular weight excluding hydrogens is 184 g/mol. The van der Waals surface area contributed by atoms with E-state index >= 15 is 0 Å². The van der Waals surface area contributed by atoms with Crippen LogP contribution in [-0.4, -0.2) is 37.6 Å². The largest absolute Gasteiger partial charge is 0.493 e. The van der Waals surface area contributed by atoms with Crippen LogP contribution >= 0.6 is 0 Å². The minimum atomic E-state index is -0.0593.